The molecule has 6 heteroatoms. The summed E-state index contributed by atoms with van der Waals surface area (Å²) < 4.78 is 5.84. The highest BCUT2D eigenvalue weighted by atomic mass is 35.5. The third-order valence-electron chi connectivity index (χ3n) is 5.19. The number of oxazole rings is 1. The normalized spacial score (nSPS) is 11.2. The number of anilines is 1. The molecule has 5 rings (SSSR count). The Kier molecular flexibility index (Phi) is 4.89. The maximum Gasteiger partial charge on any atom is 0.256 e. The van der Waals surface area contributed by atoms with Gasteiger partial charge in [-0.25, -0.2) is 4.98 Å². The summed E-state index contributed by atoms with van der Waals surface area (Å²) in [4.78, 5) is 17.5. The maximum absolute atomic E-state index is 13.0. The zero-order valence-electron chi connectivity index (χ0n) is 16.4. The van der Waals surface area contributed by atoms with Gasteiger partial charge in [0.1, 0.15) is 5.52 Å². The van der Waals surface area contributed by atoms with Crippen molar-refractivity contribution in [3.8, 4) is 11.5 Å². The number of fused-ring (bicyclic) bond motifs is 2. The Balaban J connectivity index is 1.48. The number of halogens is 2. The second-order valence-electron chi connectivity index (χ2n) is 7.26. The van der Waals surface area contributed by atoms with E-state index < -0.39 is 0 Å². The van der Waals surface area contributed by atoms with E-state index in [4.69, 9.17) is 27.6 Å². The molecule has 0 saturated carbocycles. The molecule has 0 aliphatic rings. The minimum atomic E-state index is -0.181. The molecule has 0 spiro atoms. The number of aromatic nitrogens is 1. The Morgan fingerprint density at radius 1 is 0.935 bits per heavy atom. The van der Waals surface area contributed by atoms with E-state index in [2.05, 4.69) is 10.3 Å². The quantitative estimate of drug-likeness (QED) is 0.311. The van der Waals surface area contributed by atoms with Crippen molar-refractivity contribution in [2.45, 2.75) is 6.92 Å². The summed E-state index contributed by atoms with van der Waals surface area (Å²) in [6, 6.07) is 22.2. The minimum absolute atomic E-state index is 0.181. The van der Waals surface area contributed by atoms with Gasteiger partial charge in [-0.05, 0) is 65.7 Å². The van der Waals surface area contributed by atoms with Crippen LogP contribution in [-0.2, 0) is 0 Å². The molecular weight excluding hydrogens is 431 g/mol. The highest BCUT2D eigenvalue weighted by molar-refractivity contribution is 6.36. The number of nitrogens with zero attached hydrogens (tertiary/aromatic N) is 1. The Labute approximate surface area is 188 Å². The number of aryl methyl sites for hydroxylation is 1. The number of carbonyl (C=O) groups excluding carboxylic acids is 1. The monoisotopic (exact) mass is 446 g/mol. The van der Waals surface area contributed by atoms with Crippen LogP contribution in [0.1, 0.15) is 15.9 Å². The van der Waals surface area contributed by atoms with Gasteiger partial charge in [0.25, 0.3) is 5.91 Å². The van der Waals surface area contributed by atoms with Gasteiger partial charge in [-0.15, -0.1) is 0 Å². The molecule has 4 aromatic carbocycles. The van der Waals surface area contributed by atoms with Crippen molar-refractivity contribution in [2.24, 2.45) is 0 Å². The van der Waals surface area contributed by atoms with E-state index in [1.807, 2.05) is 43.3 Å². The van der Waals surface area contributed by atoms with Crippen LogP contribution in [0.25, 0.3) is 33.3 Å². The van der Waals surface area contributed by atoms with Gasteiger partial charge in [0, 0.05) is 16.3 Å². The topological polar surface area (TPSA) is 55.1 Å². The van der Waals surface area contributed by atoms with Gasteiger partial charge in [-0.1, -0.05) is 53.5 Å². The van der Waals surface area contributed by atoms with E-state index in [-0.39, 0.29) is 5.91 Å². The molecule has 0 radical (unpaired) electrons. The van der Waals surface area contributed by atoms with Crippen LogP contribution in [-0.4, -0.2) is 10.9 Å². The molecule has 31 heavy (non-hydrogen) atoms. The van der Waals surface area contributed by atoms with Crippen molar-refractivity contribution in [2.75, 3.05) is 5.32 Å². The Hall–Kier alpha value is -3.34. The van der Waals surface area contributed by atoms with Gasteiger partial charge in [0.05, 0.1) is 10.6 Å². The molecule has 1 N–H and O–H groups in total. The number of hydrogen-bond donors (Lipinski definition) is 1. The van der Waals surface area contributed by atoms with Crippen LogP contribution in [0.3, 0.4) is 0 Å². The molecular formula is C25H16Cl2N2O2. The Morgan fingerprint density at radius 2 is 1.74 bits per heavy atom. The molecule has 0 atom stereocenters. The third kappa shape index (κ3) is 3.65. The van der Waals surface area contributed by atoms with Crippen LogP contribution in [0.5, 0.6) is 0 Å². The van der Waals surface area contributed by atoms with E-state index in [0.29, 0.717) is 43.9 Å². The van der Waals surface area contributed by atoms with E-state index in [1.165, 1.54) is 0 Å². The van der Waals surface area contributed by atoms with Crippen LogP contribution in [0.15, 0.2) is 77.2 Å². The fourth-order valence-corrected chi connectivity index (χ4v) is 4.12. The molecule has 0 fully saturated rings. The second-order valence-corrected chi connectivity index (χ2v) is 8.10. The largest absolute Gasteiger partial charge is 0.436 e. The lowest BCUT2D eigenvalue weighted by Gasteiger charge is -2.10. The SMILES string of the molecule is Cc1ccc(C(=O)Nc2ccc3oc(-c4ccc(Cl)cc4Cl)nc3c2)c2ccccc12. The lowest BCUT2D eigenvalue weighted by molar-refractivity contribution is 0.102. The van der Waals surface area contributed by atoms with Crippen LogP contribution < -0.4 is 5.32 Å². The van der Waals surface area contributed by atoms with Crippen LogP contribution in [0.2, 0.25) is 10.0 Å². The van der Waals surface area contributed by atoms with Gasteiger partial charge in [0.15, 0.2) is 5.58 Å². The summed E-state index contributed by atoms with van der Waals surface area (Å²) in [5, 5.41) is 5.94. The van der Waals surface area contributed by atoms with Crippen LogP contribution in [0.4, 0.5) is 5.69 Å². The molecule has 152 valence electrons. The number of benzene rings is 4. The van der Waals surface area contributed by atoms with Crippen molar-refractivity contribution in [1.29, 1.82) is 0 Å². The lowest BCUT2D eigenvalue weighted by atomic mass is 10.00. The fraction of sp³-hybridized carbons (Fsp3) is 0.0400. The summed E-state index contributed by atoms with van der Waals surface area (Å²) in [6.45, 7) is 2.03. The van der Waals surface area contributed by atoms with Gasteiger partial charge in [-0.2, -0.15) is 0 Å². The van der Waals surface area contributed by atoms with Crippen molar-refractivity contribution >= 4 is 56.7 Å². The third-order valence-corrected chi connectivity index (χ3v) is 5.74. The molecule has 4 nitrogen and oxygen atoms in total. The van der Waals surface area contributed by atoms with Crippen molar-refractivity contribution in [3.05, 3.63) is 94.0 Å². The van der Waals surface area contributed by atoms with Gasteiger partial charge in [-0.3, -0.25) is 4.79 Å². The number of rotatable bonds is 3. The van der Waals surface area contributed by atoms with E-state index in [1.54, 1.807) is 36.4 Å². The molecule has 0 unspecified atom stereocenters. The standard InChI is InChI=1S/C25H16Cl2N2O2/c1-14-6-9-19(18-5-3-2-4-17(14)18)24(30)28-16-8-11-23-22(13-16)29-25(31-23)20-10-7-15(26)12-21(20)27/h2-13H,1H3,(H,28,30). The van der Waals surface area contributed by atoms with Gasteiger partial charge >= 0.3 is 0 Å². The summed E-state index contributed by atoms with van der Waals surface area (Å²) in [5.41, 5.74) is 4.25. The smallest absolute Gasteiger partial charge is 0.256 e. The van der Waals surface area contributed by atoms with Crippen LogP contribution >= 0.6 is 23.2 Å². The van der Waals surface area contributed by atoms with Crippen molar-refractivity contribution < 1.29 is 9.21 Å². The summed E-state index contributed by atoms with van der Waals surface area (Å²) in [7, 11) is 0. The number of carbonyl (C=O) groups is 1. The zero-order valence-corrected chi connectivity index (χ0v) is 18.0. The molecule has 1 aromatic heterocycles. The predicted octanol–water partition coefficient (Wildman–Crippen LogP) is 7.52. The molecule has 1 amide bonds. The molecule has 0 bridgehead atoms. The van der Waals surface area contributed by atoms with E-state index >= 15 is 0 Å². The summed E-state index contributed by atoms with van der Waals surface area (Å²) in [5.74, 6) is 0.213. The second kappa shape index (κ2) is 7.73. The number of nitrogens with one attached hydrogen (secondary N) is 1. The van der Waals surface area contributed by atoms with Crippen molar-refractivity contribution in [1.82, 2.24) is 4.98 Å². The fourth-order valence-electron chi connectivity index (χ4n) is 3.63. The first-order valence-corrected chi connectivity index (χ1v) is 10.4. The average Bonchev–Trinajstić information content (AvgIpc) is 3.17. The van der Waals surface area contributed by atoms with E-state index in [9.17, 15) is 4.79 Å². The van der Waals surface area contributed by atoms with Crippen molar-refractivity contribution in [3.63, 3.8) is 0 Å². The molecule has 0 aliphatic carbocycles. The minimum Gasteiger partial charge on any atom is -0.436 e. The highest BCUT2D eigenvalue weighted by Gasteiger charge is 2.15. The Morgan fingerprint density at radius 3 is 2.55 bits per heavy atom. The molecule has 0 aliphatic heterocycles. The maximum atomic E-state index is 13.0. The first-order valence-electron chi connectivity index (χ1n) is 9.65. The number of hydrogen-bond acceptors (Lipinski definition) is 3. The molecule has 0 saturated heterocycles. The molecule has 1 heterocycles. The average molecular weight is 447 g/mol. The van der Waals surface area contributed by atoms with Gasteiger partial charge in [0.2, 0.25) is 5.89 Å². The predicted molar refractivity (Wildman–Crippen MR) is 126 cm³/mol. The molecule has 5 aromatic rings. The Bertz CT molecular complexity index is 1470. The summed E-state index contributed by atoms with van der Waals surface area (Å²) >= 11 is 12.2. The number of amides is 1. The first kappa shape index (κ1) is 19.6. The lowest BCUT2D eigenvalue weighted by Crippen LogP contribution is -2.12. The van der Waals surface area contributed by atoms with E-state index in [0.717, 1.165) is 16.3 Å². The highest BCUT2D eigenvalue weighted by Crippen LogP contribution is 2.33. The zero-order chi connectivity index (χ0) is 21.5. The first-order chi connectivity index (χ1) is 15.0. The van der Waals surface area contributed by atoms with Gasteiger partial charge < -0.3 is 9.73 Å². The van der Waals surface area contributed by atoms with Crippen LogP contribution in [0, 0.1) is 6.92 Å². The summed E-state index contributed by atoms with van der Waals surface area (Å²) in [6.07, 6.45) is 0.